The van der Waals surface area contributed by atoms with Crippen LogP contribution in [0.3, 0.4) is 0 Å². The molecule has 0 radical (unpaired) electrons. The molecule has 2 aromatic heterocycles. The maximum atomic E-state index is 12.9. The number of fused-ring (bicyclic) bond motifs is 2. The SMILES string of the molecule is Cc1cccn2c(CC(=O)N(C)[C@H]3C[C@H]4CC(=O)N(C)C[C@H]4C3)cnc12. The van der Waals surface area contributed by atoms with Crippen LogP contribution >= 0.6 is 0 Å². The Labute approximate surface area is 153 Å². The number of carbonyl (C=O) groups excluding carboxylic acids is 2. The Morgan fingerprint density at radius 1 is 1.35 bits per heavy atom. The molecular formula is C20H26N4O2. The Balaban J connectivity index is 1.45. The van der Waals surface area contributed by atoms with E-state index in [4.69, 9.17) is 0 Å². The van der Waals surface area contributed by atoms with E-state index in [1.165, 1.54) is 0 Å². The van der Waals surface area contributed by atoms with Crippen molar-refractivity contribution in [1.29, 1.82) is 0 Å². The summed E-state index contributed by atoms with van der Waals surface area (Å²) in [7, 11) is 3.79. The van der Waals surface area contributed by atoms with Crippen LogP contribution in [0.15, 0.2) is 24.5 Å². The third kappa shape index (κ3) is 2.87. The van der Waals surface area contributed by atoms with Gasteiger partial charge in [0.25, 0.3) is 0 Å². The van der Waals surface area contributed by atoms with Gasteiger partial charge in [-0.15, -0.1) is 0 Å². The molecule has 1 saturated carbocycles. The number of likely N-dealkylation sites (N-methyl/N-ethyl adjacent to an activating group) is 1. The predicted octanol–water partition coefficient (Wildman–Crippen LogP) is 1.90. The lowest BCUT2D eigenvalue weighted by molar-refractivity contribution is -0.135. The molecule has 1 aliphatic carbocycles. The molecule has 1 saturated heterocycles. The van der Waals surface area contributed by atoms with E-state index in [9.17, 15) is 9.59 Å². The van der Waals surface area contributed by atoms with Gasteiger partial charge < -0.3 is 14.2 Å². The van der Waals surface area contributed by atoms with Crippen molar-refractivity contribution in [1.82, 2.24) is 19.2 Å². The van der Waals surface area contributed by atoms with Gasteiger partial charge in [-0.3, -0.25) is 9.59 Å². The standard InChI is InChI=1S/C20H26N4O2/c1-13-5-4-6-24-17(11-21-20(13)24)10-19(26)23(3)16-7-14-9-18(25)22(2)12-15(14)8-16/h4-6,11,14-16H,7-10,12H2,1-3H3/t14-,15+,16-/m0/s1. The summed E-state index contributed by atoms with van der Waals surface area (Å²) in [5, 5.41) is 0. The Morgan fingerprint density at radius 3 is 2.92 bits per heavy atom. The van der Waals surface area contributed by atoms with E-state index in [1.807, 2.05) is 53.5 Å². The van der Waals surface area contributed by atoms with Crippen LogP contribution < -0.4 is 0 Å². The number of amides is 2. The molecule has 3 heterocycles. The average Bonchev–Trinajstić information content (AvgIpc) is 3.20. The van der Waals surface area contributed by atoms with Gasteiger partial charge in [0.2, 0.25) is 11.8 Å². The van der Waals surface area contributed by atoms with E-state index >= 15 is 0 Å². The first-order chi connectivity index (χ1) is 12.4. The van der Waals surface area contributed by atoms with Crippen molar-refractivity contribution < 1.29 is 9.59 Å². The van der Waals surface area contributed by atoms with Crippen molar-refractivity contribution in [2.45, 2.75) is 38.6 Å². The van der Waals surface area contributed by atoms with Crippen LogP contribution in [0.5, 0.6) is 0 Å². The number of hydrogen-bond acceptors (Lipinski definition) is 3. The van der Waals surface area contributed by atoms with Gasteiger partial charge in [0.05, 0.1) is 12.1 Å². The Kier molecular flexibility index (Phi) is 4.21. The number of carbonyl (C=O) groups is 2. The molecule has 1 aliphatic heterocycles. The lowest BCUT2D eigenvalue weighted by Crippen LogP contribution is -2.40. The summed E-state index contributed by atoms with van der Waals surface area (Å²) in [5.74, 6) is 1.31. The number of rotatable bonds is 3. The fourth-order valence-corrected chi connectivity index (χ4v) is 4.62. The van der Waals surface area contributed by atoms with Crippen LogP contribution in [-0.4, -0.2) is 57.7 Å². The molecule has 2 aliphatic rings. The number of imidazole rings is 1. The summed E-state index contributed by atoms with van der Waals surface area (Å²) in [4.78, 5) is 33.0. The van der Waals surface area contributed by atoms with Gasteiger partial charge in [0, 0.05) is 45.5 Å². The van der Waals surface area contributed by atoms with Gasteiger partial charge in [-0.1, -0.05) is 6.07 Å². The fourth-order valence-electron chi connectivity index (χ4n) is 4.62. The normalized spacial score (nSPS) is 25.6. The molecule has 2 aromatic rings. The van der Waals surface area contributed by atoms with Crippen molar-refractivity contribution >= 4 is 17.5 Å². The second-order valence-electron chi connectivity index (χ2n) is 7.94. The van der Waals surface area contributed by atoms with Gasteiger partial charge in [0.15, 0.2) is 0 Å². The van der Waals surface area contributed by atoms with Gasteiger partial charge in [-0.05, 0) is 43.2 Å². The molecule has 0 unspecified atom stereocenters. The molecule has 3 atom stereocenters. The third-order valence-corrected chi connectivity index (χ3v) is 6.27. The topological polar surface area (TPSA) is 57.9 Å². The lowest BCUT2D eigenvalue weighted by atomic mass is 9.88. The molecule has 0 N–H and O–H groups in total. The van der Waals surface area contributed by atoms with E-state index < -0.39 is 0 Å². The Morgan fingerprint density at radius 2 is 2.12 bits per heavy atom. The van der Waals surface area contributed by atoms with Crippen molar-refractivity contribution in [3.05, 3.63) is 35.8 Å². The van der Waals surface area contributed by atoms with Crippen molar-refractivity contribution in [2.75, 3.05) is 20.6 Å². The molecule has 6 nitrogen and oxygen atoms in total. The monoisotopic (exact) mass is 354 g/mol. The smallest absolute Gasteiger partial charge is 0.228 e. The van der Waals surface area contributed by atoms with Crippen LogP contribution in [0.1, 0.15) is 30.5 Å². The zero-order valence-corrected chi connectivity index (χ0v) is 15.7. The number of pyridine rings is 1. The van der Waals surface area contributed by atoms with Gasteiger partial charge in [-0.2, -0.15) is 0 Å². The highest BCUT2D eigenvalue weighted by Crippen LogP contribution is 2.40. The molecule has 138 valence electrons. The minimum Gasteiger partial charge on any atom is -0.345 e. The second-order valence-corrected chi connectivity index (χ2v) is 7.94. The second kappa shape index (κ2) is 6.41. The molecule has 0 spiro atoms. The number of nitrogens with zero attached hydrogens (tertiary/aromatic N) is 4. The van der Waals surface area contributed by atoms with Crippen LogP contribution in [0.25, 0.3) is 5.65 Å². The van der Waals surface area contributed by atoms with E-state index in [0.29, 0.717) is 24.7 Å². The highest BCUT2D eigenvalue weighted by Gasteiger charge is 2.42. The molecule has 2 fully saturated rings. The molecular weight excluding hydrogens is 328 g/mol. The van der Waals surface area contributed by atoms with Crippen LogP contribution in [0, 0.1) is 18.8 Å². The van der Waals surface area contributed by atoms with Gasteiger partial charge >= 0.3 is 0 Å². The molecule has 0 bridgehead atoms. The molecule has 2 amide bonds. The highest BCUT2D eigenvalue weighted by atomic mass is 16.2. The summed E-state index contributed by atoms with van der Waals surface area (Å²) in [6, 6.07) is 4.24. The van der Waals surface area contributed by atoms with Crippen molar-refractivity contribution in [3.8, 4) is 0 Å². The third-order valence-electron chi connectivity index (χ3n) is 6.27. The summed E-state index contributed by atoms with van der Waals surface area (Å²) < 4.78 is 2.00. The van der Waals surface area contributed by atoms with Gasteiger partial charge in [-0.25, -0.2) is 4.98 Å². The van der Waals surface area contributed by atoms with Crippen LogP contribution in [-0.2, 0) is 16.0 Å². The Hall–Kier alpha value is -2.37. The first-order valence-corrected chi connectivity index (χ1v) is 9.35. The number of likely N-dealkylation sites (tertiary alicyclic amines) is 1. The summed E-state index contributed by atoms with van der Waals surface area (Å²) in [5.41, 5.74) is 2.94. The van der Waals surface area contributed by atoms with E-state index in [1.54, 1.807) is 6.20 Å². The van der Waals surface area contributed by atoms with Gasteiger partial charge in [0.1, 0.15) is 5.65 Å². The maximum Gasteiger partial charge on any atom is 0.228 e. The number of hydrogen-bond donors (Lipinski definition) is 0. The Bertz CT molecular complexity index is 859. The minimum absolute atomic E-state index is 0.122. The predicted molar refractivity (Wildman–Crippen MR) is 98.7 cm³/mol. The molecule has 6 heteroatoms. The molecule has 26 heavy (non-hydrogen) atoms. The average molecular weight is 354 g/mol. The van der Waals surface area contributed by atoms with E-state index in [2.05, 4.69) is 4.98 Å². The molecule has 0 aromatic carbocycles. The lowest BCUT2D eigenvalue weighted by Gasteiger charge is -2.31. The highest BCUT2D eigenvalue weighted by molar-refractivity contribution is 5.79. The van der Waals surface area contributed by atoms with E-state index in [0.717, 1.165) is 36.3 Å². The molecule has 4 rings (SSSR count). The number of aryl methyl sites for hydroxylation is 1. The first kappa shape index (κ1) is 17.1. The first-order valence-electron chi connectivity index (χ1n) is 9.35. The summed E-state index contributed by atoms with van der Waals surface area (Å²) in [6.07, 6.45) is 6.69. The van der Waals surface area contributed by atoms with E-state index in [-0.39, 0.29) is 17.9 Å². The summed E-state index contributed by atoms with van der Waals surface area (Å²) in [6.45, 7) is 2.85. The quantitative estimate of drug-likeness (QED) is 0.846. The minimum atomic E-state index is 0.122. The van der Waals surface area contributed by atoms with Crippen molar-refractivity contribution in [2.24, 2.45) is 11.8 Å². The largest absolute Gasteiger partial charge is 0.345 e. The zero-order valence-electron chi connectivity index (χ0n) is 15.7. The zero-order chi connectivity index (χ0) is 18.4. The van der Waals surface area contributed by atoms with Crippen LogP contribution in [0.4, 0.5) is 0 Å². The van der Waals surface area contributed by atoms with Crippen molar-refractivity contribution in [3.63, 3.8) is 0 Å². The number of aromatic nitrogens is 2. The summed E-state index contributed by atoms with van der Waals surface area (Å²) >= 11 is 0. The number of piperidine rings is 1. The maximum absolute atomic E-state index is 12.9. The van der Waals surface area contributed by atoms with Crippen LogP contribution in [0.2, 0.25) is 0 Å². The fraction of sp³-hybridized carbons (Fsp3) is 0.550.